The average molecular weight is 374 g/mol. The lowest BCUT2D eigenvalue weighted by Gasteiger charge is -2.17. The molecule has 1 amide bonds. The van der Waals surface area contributed by atoms with Crippen LogP contribution >= 0.6 is 11.3 Å². The van der Waals surface area contributed by atoms with E-state index in [2.05, 4.69) is 15.4 Å². The Hall–Kier alpha value is -0.960. The Morgan fingerprint density at radius 3 is 2.75 bits per heavy atom. The SMILES string of the molecule is CC(C)(C)C(=O)NCCc1ccc(S(=O)(=O)NCC2CCCN2)s1. The van der Waals surface area contributed by atoms with Gasteiger partial charge in [0.05, 0.1) is 0 Å². The summed E-state index contributed by atoms with van der Waals surface area (Å²) in [6.45, 7) is 7.48. The van der Waals surface area contributed by atoms with Gasteiger partial charge in [0.15, 0.2) is 0 Å². The van der Waals surface area contributed by atoms with E-state index < -0.39 is 15.4 Å². The molecule has 8 heteroatoms. The van der Waals surface area contributed by atoms with E-state index in [4.69, 9.17) is 0 Å². The lowest BCUT2D eigenvalue weighted by Crippen LogP contribution is -2.36. The number of amides is 1. The molecule has 1 atom stereocenters. The molecule has 3 N–H and O–H groups in total. The standard InChI is InChI=1S/C16H27N3O3S2/c1-16(2,3)15(20)18-10-8-13-6-7-14(23-13)24(21,22)19-11-12-5-4-9-17-12/h6-7,12,17,19H,4-5,8-11H2,1-3H3,(H,18,20). The van der Waals surface area contributed by atoms with E-state index in [9.17, 15) is 13.2 Å². The summed E-state index contributed by atoms with van der Waals surface area (Å²) in [5.74, 6) is -0.00219. The molecule has 6 nitrogen and oxygen atoms in total. The van der Waals surface area contributed by atoms with Crippen LogP contribution in [0.1, 0.15) is 38.5 Å². The molecule has 1 fully saturated rings. The average Bonchev–Trinajstić information content (AvgIpc) is 3.16. The van der Waals surface area contributed by atoms with Gasteiger partial charge in [-0.3, -0.25) is 4.79 Å². The third-order valence-electron chi connectivity index (χ3n) is 3.92. The second-order valence-corrected chi connectivity index (χ2v) is 10.3. The van der Waals surface area contributed by atoms with Crippen LogP contribution in [0.25, 0.3) is 0 Å². The largest absolute Gasteiger partial charge is 0.355 e. The van der Waals surface area contributed by atoms with Crippen LogP contribution in [0.4, 0.5) is 0 Å². The Bertz CT molecular complexity index is 656. The number of thiophene rings is 1. The highest BCUT2D eigenvalue weighted by Gasteiger charge is 2.22. The van der Waals surface area contributed by atoms with Crippen molar-refractivity contribution >= 4 is 27.3 Å². The van der Waals surface area contributed by atoms with Crippen LogP contribution in [-0.4, -0.2) is 40.0 Å². The molecule has 0 saturated carbocycles. The first-order valence-electron chi connectivity index (χ1n) is 8.28. The van der Waals surface area contributed by atoms with Gasteiger partial charge in [0, 0.05) is 29.4 Å². The van der Waals surface area contributed by atoms with Crippen molar-refractivity contribution in [2.45, 2.75) is 50.3 Å². The predicted octanol–water partition coefficient (Wildman–Crippen LogP) is 1.48. The van der Waals surface area contributed by atoms with Crippen molar-refractivity contribution in [2.75, 3.05) is 19.6 Å². The summed E-state index contributed by atoms with van der Waals surface area (Å²) in [4.78, 5) is 12.8. The molecular formula is C16H27N3O3S2. The smallest absolute Gasteiger partial charge is 0.250 e. The van der Waals surface area contributed by atoms with Crippen molar-refractivity contribution in [1.82, 2.24) is 15.4 Å². The summed E-state index contributed by atoms with van der Waals surface area (Å²) in [6.07, 6.45) is 2.73. The molecule has 1 unspecified atom stereocenters. The van der Waals surface area contributed by atoms with Gasteiger partial charge >= 0.3 is 0 Å². The van der Waals surface area contributed by atoms with Crippen molar-refractivity contribution in [3.8, 4) is 0 Å². The summed E-state index contributed by atoms with van der Waals surface area (Å²) >= 11 is 1.26. The number of carbonyl (C=O) groups is 1. The Kier molecular flexibility index (Phi) is 6.41. The van der Waals surface area contributed by atoms with Gasteiger partial charge in [-0.15, -0.1) is 11.3 Å². The lowest BCUT2D eigenvalue weighted by atomic mass is 9.96. The maximum Gasteiger partial charge on any atom is 0.250 e. The van der Waals surface area contributed by atoms with Crippen LogP contribution < -0.4 is 15.4 Å². The van der Waals surface area contributed by atoms with Gasteiger partial charge in [-0.25, -0.2) is 13.1 Å². The fourth-order valence-corrected chi connectivity index (χ4v) is 4.90. The molecule has 0 radical (unpaired) electrons. The van der Waals surface area contributed by atoms with Crippen molar-refractivity contribution in [3.05, 3.63) is 17.0 Å². The lowest BCUT2D eigenvalue weighted by molar-refractivity contribution is -0.128. The molecule has 0 bridgehead atoms. The van der Waals surface area contributed by atoms with Crippen molar-refractivity contribution < 1.29 is 13.2 Å². The fourth-order valence-electron chi connectivity index (χ4n) is 2.41. The summed E-state index contributed by atoms with van der Waals surface area (Å²) in [5, 5.41) is 6.15. The maximum absolute atomic E-state index is 12.3. The molecule has 1 saturated heterocycles. The molecule has 1 aromatic rings. The van der Waals surface area contributed by atoms with E-state index >= 15 is 0 Å². The summed E-state index contributed by atoms with van der Waals surface area (Å²) in [6, 6.07) is 3.68. The molecule has 1 aliphatic rings. The first-order valence-corrected chi connectivity index (χ1v) is 10.6. The highest BCUT2D eigenvalue weighted by molar-refractivity contribution is 7.91. The molecule has 0 spiro atoms. The molecule has 1 aliphatic heterocycles. The number of hydrogen-bond donors (Lipinski definition) is 3. The number of sulfonamides is 1. The zero-order valence-electron chi connectivity index (χ0n) is 14.5. The molecule has 2 rings (SSSR count). The van der Waals surface area contributed by atoms with E-state index in [-0.39, 0.29) is 11.9 Å². The van der Waals surface area contributed by atoms with Crippen LogP contribution in [0, 0.1) is 5.41 Å². The predicted molar refractivity (Wildman–Crippen MR) is 96.7 cm³/mol. The van der Waals surface area contributed by atoms with Crippen molar-refractivity contribution in [2.24, 2.45) is 5.41 Å². The number of nitrogens with one attached hydrogen (secondary N) is 3. The Morgan fingerprint density at radius 2 is 2.12 bits per heavy atom. The fraction of sp³-hybridized carbons (Fsp3) is 0.688. The quantitative estimate of drug-likeness (QED) is 0.676. The Balaban J connectivity index is 1.84. The summed E-state index contributed by atoms with van der Waals surface area (Å²) in [7, 11) is -3.45. The minimum atomic E-state index is -3.45. The van der Waals surface area contributed by atoms with Gasteiger partial charge in [-0.05, 0) is 37.9 Å². The van der Waals surface area contributed by atoms with Crippen LogP contribution in [0.15, 0.2) is 16.3 Å². The Labute approximate surface area is 148 Å². The van der Waals surface area contributed by atoms with Crippen LogP contribution in [0.5, 0.6) is 0 Å². The first kappa shape index (κ1) is 19.4. The van der Waals surface area contributed by atoms with E-state index in [0.717, 1.165) is 24.3 Å². The topological polar surface area (TPSA) is 87.3 Å². The van der Waals surface area contributed by atoms with E-state index in [1.165, 1.54) is 11.3 Å². The molecule has 136 valence electrons. The zero-order chi connectivity index (χ0) is 17.8. The van der Waals surface area contributed by atoms with Crippen molar-refractivity contribution in [1.29, 1.82) is 0 Å². The first-order chi connectivity index (χ1) is 11.2. The molecule has 0 aliphatic carbocycles. The second kappa shape index (κ2) is 7.95. The van der Waals surface area contributed by atoms with Crippen LogP contribution in [0.3, 0.4) is 0 Å². The Morgan fingerprint density at radius 1 is 1.38 bits per heavy atom. The monoisotopic (exact) mass is 373 g/mol. The van der Waals surface area contributed by atoms with Gasteiger partial charge in [0.25, 0.3) is 0 Å². The zero-order valence-corrected chi connectivity index (χ0v) is 16.1. The van der Waals surface area contributed by atoms with E-state index in [1.807, 2.05) is 26.8 Å². The van der Waals surface area contributed by atoms with E-state index in [0.29, 0.717) is 23.7 Å². The van der Waals surface area contributed by atoms with Crippen LogP contribution in [0.2, 0.25) is 0 Å². The molecule has 24 heavy (non-hydrogen) atoms. The molecule has 2 heterocycles. The number of hydrogen-bond acceptors (Lipinski definition) is 5. The summed E-state index contributed by atoms with van der Waals surface area (Å²) in [5.41, 5.74) is -0.415. The van der Waals surface area contributed by atoms with Gasteiger partial charge in [0.1, 0.15) is 4.21 Å². The minimum Gasteiger partial charge on any atom is -0.355 e. The number of rotatable bonds is 7. The van der Waals surface area contributed by atoms with Crippen LogP contribution in [-0.2, 0) is 21.2 Å². The normalized spacial score (nSPS) is 18.7. The third kappa shape index (κ3) is 5.54. The minimum absolute atomic E-state index is 0.00219. The maximum atomic E-state index is 12.3. The van der Waals surface area contributed by atoms with Gasteiger partial charge in [-0.1, -0.05) is 20.8 Å². The number of carbonyl (C=O) groups excluding carboxylic acids is 1. The van der Waals surface area contributed by atoms with E-state index in [1.54, 1.807) is 6.07 Å². The molecular weight excluding hydrogens is 346 g/mol. The van der Waals surface area contributed by atoms with Gasteiger partial charge in [0.2, 0.25) is 15.9 Å². The summed E-state index contributed by atoms with van der Waals surface area (Å²) < 4.78 is 27.6. The van der Waals surface area contributed by atoms with Gasteiger partial charge < -0.3 is 10.6 Å². The molecule has 0 aromatic carbocycles. The highest BCUT2D eigenvalue weighted by atomic mass is 32.2. The highest BCUT2D eigenvalue weighted by Crippen LogP contribution is 2.22. The third-order valence-corrected chi connectivity index (χ3v) is 6.98. The van der Waals surface area contributed by atoms with Gasteiger partial charge in [-0.2, -0.15) is 0 Å². The second-order valence-electron chi connectivity index (χ2n) is 7.12. The van der Waals surface area contributed by atoms with Crippen molar-refractivity contribution in [3.63, 3.8) is 0 Å². The molecule has 1 aromatic heterocycles.